The normalized spacial score (nSPS) is 10.6. The number of benzene rings is 1. The molecule has 2 N–H and O–H groups in total. The summed E-state index contributed by atoms with van der Waals surface area (Å²) >= 11 is 3.31. The van der Waals surface area contributed by atoms with Crippen LogP contribution in [0.3, 0.4) is 0 Å². The molecule has 0 aliphatic carbocycles. The van der Waals surface area contributed by atoms with Gasteiger partial charge in [0.2, 0.25) is 5.43 Å². The molecule has 4 nitrogen and oxygen atoms in total. The molecule has 0 atom stereocenters. The zero-order chi connectivity index (χ0) is 19.6. The van der Waals surface area contributed by atoms with Gasteiger partial charge in [-0.05, 0) is 53.7 Å². The highest BCUT2D eigenvalue weighted by atomic mass is 79.9. The van der Waals surface area contributed by atoms with Crippen LogP contribution < -0.4 is 10.9 Å². The molecule has 0 spiro atoms. The lowest BCUT2D eigenvalue weighted by atomic mass is 10.0. The fraction of sp³-hybridized carbons (Fsp3) is 0.273. The molecule has 0 saturated carbocycles. The van der Waals surface area contributed by atoms with Crippen LogP contribution in [0, 0.1) is 13.8 Å². The van der Waals surface area contributed by atoms with E-state index in [1.165, 1.54) is 18.4 Å². The third-order valence-corrected chi connectivity index (χ3v) is 5.73. The molecule has 2 heterocycles. The van der Waals surface area contributed by atoms with Crippen LogP contribution >= 0.6 is 28.3 Å². The molecular formula is C22H24BrClN2O2. The molecule has 2 aromatic heterocycles. The number of unbranched alkanes of at least 4 members (excludes halogenated alkanes) is 1. The molecule has 1 aromatic carbocycles. The second-order valence-corrected chi connectivity index (χ2v) is 7.61. The fourth-order valence-electron chi connectivity index (χ4n) is 3.24. The van der Waals surface area contributed by atoms with Gasteiger partial charge in [0.25, 0.3) is 0 Å². The summed E-state index contributed by atoms with van der Waals surface area (Å²) in [5, 5.41) is 0. The molecular weight excluding hydrogens is 440 g/mol. The van der Waals surface area contributed by atoms with E-state index in [0.29, 0.717) is 21.3 Å². The Bertz CT molecular complexity index is 1090. The summed E-state index contributed by atoms with van der Waals surface area (Å²) in [6.07, 6.45) is 5.04. The smallest absolute Gasteiger partial charge is 0.204 e. The number of aryl methyl sites for hydroxylation is 3. The first-order valence-electron chi connectivity index (χ1n) is 9.13. The van der Waals surface area contributed by atoms with Gasteiger partial charge in [0.05, 0.1) is 15.6 Å². The number of pyridine rings is 2. The van der Waals surface area contributed by atoms with E-state index in [1.54, 1.807) is 19.2 Å². The monoisotopic (exact) mass is 462 g/mol. The summed E-state index contributed by atoms with van der Waals surface area (Å²) in [6, 6.07) is 9.81. The van der Waals surface area contributed by atoms with Crippen LogP contribution in [0.5, 0.6) is 0 Å². The van der Waals surface area contributed by atoms with Crippen molar-refractivity contribution in [2.75, 3.05) is 0 Å². The van der Waals surface area contributed by atoms with E-state index in [0.717, 1.165) is 23.4 Å². The van der Waals surface area contributed by atoms with Gasteiger partial charge in [0.1, 0.15) is 0 Å². The van der Waals surface area contributed by atoms with E-state index in [-0.39, 0.29) is 23.3 Å². The van der Waals surface area contributed by atoms with Gasteiger partial charge in [-0.1, -0.05) is 37.6 Å². The van der Waals surface area contributed by atoms with Crippen molar-refractivity contribution < 1.29 is 0 Å². The zero-order valence-electron chi connectivity index (χ0n) is 16.2. The first-order valence-corrected chi connectivity index (χ1v) is 9.93. The molecule has 3 rings (SSSR count). The minimum absolute atomic E-state index is 0. The van der Waals surface area contributed by atoms with E-state index >= 15 is 0 Å². The molecule has 0 bridgehead atoms. The summed E-state index contributed by atoms with van der Waals surface area (Å²) in [5.41, 5.74) is 4.84. The topological polar surface area (TPSA) is 65.7 Å². The molecule has 28 heavy (non-hydrogen) atoms. The third kappa shape index (κ3) is 4.47. The van der Waals surface area contributed by atoms with Crippen LogP contribution in [0.25, 0.3) is 22.4 Å². The second kappa shape index (κ2) is 9.39. The summed E-state index contributed by atoms with van der Waals surface area (Å²) in [6.45, 7) is 5.80. The summed E-state index contributed by atoms with van der Waals surface area (Å²) < 4.78 is 0.453. The Morgan fingerprint density at radius 3 is 2.32 bits per heavy atom. The number of hydrogen-bond acceptors (Lipinski definition) is 2. The fourth-order valence-corrected chi connectivity index (χ4v) is 3.54. The Hall–Kier alpha value is -2.11. The molecule has 0 fully saturated rings. The zero-order valence-corrected chi connectivity index (χ0v) is 18.6. The molecule has 0 aliphatic heterocycles. The predicted octanol–water partition coefficient (Wildman–Crippen LogP) is 5.54. The molecule has 0 unspecified atom stereocenters. The highest BCUT2D eigenvalue weighted by Gasteiger charge is 2.16. The Labute approximate surface area is 179 Å². The van der Waals surface area contributed by atoms with E-state index < -0.39 is 0 Å². The van der Waals surface area contributed by atoms with Crippen LogP contribution in [0.15, 0.2) is 50.6 Å². The highest BCUT2D eigenvalue weighted by molar-refractivity contribution is 9.10. The molecule has 6 heteroatoms. The van der Waals surface area contributed by atoms with Crippen LogP contribution in [-0.4, -0.2) is 9.97 Å². The average Bonchev–Trinajstić information content (AvgIpc) is 2.66. The minimum atomic E-state index is -0.178. The van der Waals surface area contributed by atoms with Crippen molar-refractivity contribution in [1.82, 2.24) is 9.97 Å². The number of halogens is 2. The summed E-state index contributed by atoms with van der Waals surface area (Å²) in [7, 11) is 0. The van der Waals surface area contributed by atoms with Gasteiger partial charge in [-0.2, -0.15) is 0 Å². The predicted molar refractivity (Wildman–Crippen MR) is 122 cm³/mol. The van der Waals surface area contributed by atoms with Crippen molar-refractivity contribution >= 4 is 28.3 Å². The van der Waals surface area contributed by atoms with Gasteiger partial charge >= 0.3 is 0 Å². The largest absolute Gasteiger partial charge is 0.361 e. The number of rotatable bonds is 5. The Morgan fingerprint density at radius 1 is 1.04 bits per heavy atom. The van der Waals surface area contributed by atoms with Crippen molar-refractivity contribution in [1.29, 1.82) is 0 Å². The quantitative estimate of drug-likeness (QED) is 0.521. The van der Waals surface area contributed by atoms with E-state index in [9.17, 15) is 9.59 Å². The standard InChI is InChI=1S/C22H23BrN2O2.ClH/c1-4-5-6-15-7-9-16(10-8-15)18-11-19(26)17(12-24-18)20-13(2)25-14(3)21(23)22(20)27;/h7-12H,4-6H2,1-3H3,(H,24,26)(H,25,27);1H. The maximum Gasteiger partial charge on any atom is 0.204 e. The van der Waals surface area contributed by atoms with Gasteiger partial charge in [0.15, 0.2) is 5.43 Å². The van der Waals surface area contributed by atoms with Gasteiger partial charge < -0.3 is 9.97 Å². The SMILES string of the molecule is CCCCc1ccc(-c2cc(=O)c(-c3c(C)[nH]c(C)c(Br)c3=O)c[nH]2)cc1.Cl. The summed E-state index contributed by atoms with van der Waals surface area (Å²) in [5.74, 6) is 0. The molecule has 3 aromatic rings. The van der Waals surface area contributed by atoms with Gasteiger partial charge in [0, 0.05) is 29.3 Å². The lowest BCUT2D eigenvalue weighted by Gasteiger charge is -2.10. The van der Waals surface area contributed by atoms with E-state index in [4.69, 9.17) is 0 Å². The van der Waals surface area contributed by atoms with Crippen molar-refractivity contribution in [3.8, 4) is 22.4 Å². The van der Waals surface area contributed by atoms with Gasteiger partial charge in [-0.3, -0.25) is 9.59 Å². The molecule has 0 amide bonds. The number of aromatic amines is 2. The lowest BCUT2D eigenvalue weighted by Crippen LogP contribution is -2.17. The van der Waals surface area contributed by atoms with Gasteiger partial charge in [-0.15, -0.1) is 12.4 Å². The maximum absolute atomic E-state index is 12.7. The van der Waals surface area contributed by atoms with Crippen LogP contribution in [0.4, 0.5) is 0 Å². The maximum atomic E-state index is 12.7. The Kier molecular flexibility index (Phi) is 7.44. The second-order valence-electron chi connectivity index (χ2n) is 6.82. The van der Waals surface area contributed by atoms with Crippen LogP contribution in [0.1, 0.15) is 36.7 Å². The first kappa shape index (κ1) is 22.2. The summed E-state index contributed by atoms with van der Waals surface area (Å²) in [4.78, 5) is 31.7. The Balaban J connectivity index is 0.00000280. The molecule has 0 radical (unpaired) electrons. The highest BCUT2D eigenvalue weighted by Crippen LogP contribution is 2.22. The minimum Gasteiger partial charge on any atom is -0.361 e. The lowest BCUT2D eigenvalue weighted by molar-refractivity contribution is 0.795. The molecule has 0 saturated heterocycles. The molecule has 0 aliphatic rings. The number of nitrogens with one attached hydrogen (secondary N) is 2. The van der Waals surface area contributed by atoms with Gasteiger partial charge in [-0.25, -0.2) is 0 Å². The van der Waals surface area contributed by atoms with Crippen molar-refractivity contribution in [3.63, 3.8) is 0 Å². The van der Waals surface area contributed by atoms with Crippen molar-refractivity contribution in [3.05, 3.63) is 78.4 Å². The first-order chi connectivity index (χ1) is 12.9. The van der Waals surface area contributed by atoms with Crippen molar-refractivity contribution in [2.45, 2.75) is 40.0 Å². The average molecular weight is 464 g/mol. The number of H-pyrrole nitrogens is 2. The van der Waals surface area contributed by atoms with Crippen LogP contribution in [-0.2, 0) is 6.42 Å². The number of hydrogen-bond donors (Lipinski definition) is 2. The Morgan fingerprint density at radius 2 is 1.71 bits per heavy atom. The third-order valence-electron chi connectivity index (χ3n) is 4.77. The van der Waals surface area contributed by atoms with E-state index in [1.807, 2.05) is 19.1 Å². The van der Waals surface area contributed by atoms with Crippen LogP contribution in [0.2, 0.25) is 0 Å². The van der Waals surface area contributed by atoms with Crippen molar-refractivity contribution in [2.24, 2.45) is 0 Å². The number of aromatic nitrogens is 2. The van der Waals surface area contributed by atoms with E-state index in [2.05, 4.69) is 45.0 Å². The molecule has 148 valence electrons.